The molecule has 0 aliphatic carbocycles. The van der Waals surface area contributed by atoms with Crippen LogP contribution in [-0.4, -0.2) is 6.54 Å². The maximum absolute atomic E-state index is 13.1. The summed E-state index contributed by atoms with van der Waals surface area (Å²) in [6, 6.07) is 5.19. The standard InChI is InChI=1S/C17H27BrFN/c1-2-3-4-5-6-7-8-9-12-20-14-15-10-11-17(19)16(18)13-15/h10-11,13,20H,2-9,12,14H2,1H3. The Bertz CT molecular complexity index is 368. The van der Waals surface area contributed by atoms with E-state index in [2.05, 4.69) is 28.2 Å². The molecule has 0 spiro atoms. The van der Waals surface area contributed by atoms with Crippen LogP contribution in [0.25, 0.3) is 0 Å². The van der Waals surface area contributed by atoms with Crippen LogP contribution in [-0.2, 0) is 6.54 Å². The molecular formula is C17H27BrFN. The molecule has 20 heavy (non-hydrogen) atoms. The number of rotatable bonds is 11. The Morgan fingerprint density at radius 2 is 1.65 bits per heavy atom. The molecule has 0 aliphatic rings. The van der Waals surface area contributed by atoms with Gasteiger partial charge in [0.25, 0.3) is 0 Å². The first-order valence-corrected chi connectivity index (χ1v) is 8.68. The molecule has 1 aromatic rings. The highest BCUT2D eigenvalue weighted by Crippen LogP contribution is 2.16. The van der Waals surface area contributed by atoms with Crippen molar-refractivity contribution in [2.45, 2.75) is 64.8 Å². The zero-order chi connectivity index (χ0) is 14.6. The van der Waals surface area contributed by atoms with Crippen LogP contribution in [0.5, 0.6) is 0 Å². The van der Waals surface area contributed by atoms with Gasteiger partial charge in [-0.3, -0.25) is 0 Å². The lowest BCUT2D eigenvalue weighted by atomic mass is 10.1. The average molecular weight is 344 g/mol. The fraction of sp³-hybridized carbons (Fsp3) is 0.647. The van der Waals surface area contributed by atoms with Gasteiger partial charge in [0, 0.05) is 6.54 Å². The van der Waals surface area contributed by atoms with Crippen molar-refractivity contribution in [2.24, 2.45) is 0 Å². The molecule has 1 aromatic carbocycles. The normalized spacial score (nSPS) is 10.9. The van der Waals surface area contributed by atoms with Crippen LogP contribution in [0.2, 0.25) is 0 Å². The van der Waals surface area contributed by atoms with Gasteiger partial charge in [-0.2, -0.15) is 0 Å². The van der Waals surface area contributed by atoms with Crippen LogP contribution in [0.15, 0.2) is 22.7 Å². The second-order valence-corrected chi connectivity index (χ2v) is 6.25. The van der Waals surface area contributed by atoms with Gasteiger partial charge in [0.1, 0.15) is 5.82 Å². The summed E-state index contributed by atoms with van der Waals surface area (Å²) in [6.07, 6.45) is 10.8. The van der Waals surface area contributed by atoms with Gasteiger partial charge < -0.3 is 5.32 Å². The Balaban J connectivity index is 1.95. The second kappa shape index (κ2) is 11.3. The van der Waals surface area contributed by atoms with E-state index in [1.807, 2.05) is 12.1 Å². The predicted octanol–water partition coefficient (Wildman–Crippen LogP) is 5.82. The van der Waals surface area contributed by atoms with E-state index in [9.17, 15) is 4.39 Å². The summed E-state index contributed by atoms with van der Waals surface area (Å²) >= 11 is 3.21. The second-order valence-electron chi connectivity index (χ2n) is 5.40. The van der Waals surface area contributed by atoms with E-state index in [-0.39, 0.29) is 5.82 Å². The number of halogens is 2. The molecule has 114 valence electrons. The van der Waals surface area contributed by atoms with E-state index >= 15 is 0 Å². The maximum Gasteiger partial charge on any atom is 0.137 e. The first kappa shape index (κ1) is 17.6. The minimum absolute atomic E-state index is 0.197. The third-order valence-corrected chi connectivity index (χ3v) is 4.13. The predicted molar refractivity (Wildman–Crippen MR) is 88.4 cm³/mol. The van der Waals surface area contributed by atoms with Crippen LogP contribution >= 0.6 is 15.9 Å². The van der Waals surface area contributed by atoms with E-state index in [1.165, 1.54) is 57.4 Å². The van der Waals surface area contributed by atoms with Crippen molar-refractivity contribution in [3.05, 3.63) is 34.1 Å². The molecule has 0 atom stereocenters. The van der Waals surface area contributed by atoms with Gasteiger partial charge in [0.05, 0.1) is 4.47 Å². The molecule has 0 unspecified atom stereocenters. The molecule has 1 nitrogen and oxygen atoms in total. The largest absolute Gasteiger partial charge is 0.313 e. The van der Waals surface area contributed by atoms with Crippen LogP contribution in [0.1, 0.15) is 63.9 Å². The molecule has 0 saturated carbocycles. The fourth-order valence-electron chi connectivity index (χ4n) is 2.27. The molecule has 1 rings (SSSR count). The lowest BCUT2D eigenvalue weighted by Gasteiger charge is -2.06. The summed E-state index contributed by atoms with van der Waals surface area (Å²) in [6.45, 7) is 4.12. The van der Waals surface area contributed by atoms with E-state index in [4.69, 9.17) is 0 Å². The summed E-state index contributed by atoms with van der Waals surface area (Å²) in [7, 11) is 0. The molecule has 0 bridgehead atoms. The fourth-order valence-corrected chi connectivity index (χ4v) is 2.69. The third-order valence-electron chi connectivity index (χ3n) is 3.52. The molecule has 3 heteroatoms. The Hall–Kier alpha value is -0.410. The molecule has 0 heterocycles. The SMILES string of the molecule is CCCCCCCCCCNCc1ccc(F)c(Br)c1. The molecule has 0 fully saturated rings. The van der Waals surface area contributed by atoms with Crippen molar-refractivity contribution >= 4 is 15.9 Å². The highest BCUT2D eigenvalue weighted by atomic mass is 79.9. The Labute approximate surface area is 131 Å². The molecule has 0 saturated heterocycles. The van der Waals surface area contributed by atoms with E-state index in [1.54, 1.807) is 0 Å². The Kier molecular flexibility index (Phi) is 9.94. The molecule has 0 amide bonds. The minimum Gasteiger partial charge on any atom is -0.313 e. The Morgan fingerprint density at radius 1 is 1.00 bits per heavy atom. The van der Waals surface area contributed by atoms with Crippen LogP contribution in [0.4, 0.5) is 4.39 Å². The van der Waals surface area contributed by atoms with Gasteiger partial charge in [-0.05, 0) is 46.6 Å². The molecular weight excluding hydrogens is 317 g/mol. The maximum atomic E-state index is 13.1. The van der Waals surface area contributed by atoms with Crippen molar-refractivity contribution in [1.29, 1.82) is 0 Å². The Morgan fingerprint density at radius 3 is 2.30 bits per heavy atom. The zero-order valence-electron chi connectivity index (χ0n) is 12.6. The smallest absolute Gasteiger partial charge is 0.137 e. The van der Waals surface area contributed by atoms with Crippen LogP contribution < -0.4 is 5.32 Å². The zero-order valence-corrected chi connectivity index (χ0v) is 14.1. The third kappa shape index (κ3) is 8.01. The first-order chi connectivity index (χ1) is 9.74. The molecule has 0 radical (unpaired) electrons. The summed E-state index contributed by atoms with van der Waals surface area (Å²) in [4.78, 5) is 0. The lowest BCUT2D eigenvalue weighted by molar-refractivity contribution is 0.554. The molecule has 0 aliphatic heterocycles. The van der Waals surface area contributed by atoms with Gasteiger partial charge in [-0.15, -0.1) is 0 Å². The lowest BCUT2D eigenvalue weighted by Crippen LogP contribution is -2.14. The van der Waals surface area contributed by atoms with Gasteiger partial charge in [-0.1, -0.05) is 57.9 Å². The quantitative estimate of drug-likeness (QED) is 0.499. The number of nitrogens with one attached hydrogen (secondary N) is 1. The van der Waals surface area contributed by atoms with Crippen molar-refractivity contribution in [3.8, 4) is 0 Å². The number of hydrogen-bond acceptors (Lipinski definition) is 1. The van der Waals surface area contributed by atoms with Crippen molar-refractivity contribution in [1.82, 2.24) is 5.32 Å². The van der Waals surface area contributed by atoms with E-state index in [0.29, 0.717) is 4.47 Å². The number of hydrogen-bond donors (Lipinski definition) is 1. The van der Waals surface area contributed by atoms with Gasteiger partial charge in [-0.25, -0.2) is 4.39 Å². The monoisotopic (exact) mass is 343 g/mol. The van der Waals surface area contributed by atoms with Crippen LogP contribution in [0.3, 0.4) is 0 Å². The van der Waals surface area contributed by atoms with Gasteiger partial charge in [0.2, 0.25) is 0 Å². The van der Waals surface area contributed by atoms with Crippen LogP contribution in [0, 0.1) is 5.82 Å². The van der Waals surface area contributed by atoms with E-state index < -0.39 is 0 Å². The topological polar surface area (TPSA) is 12.0 Å². The highest BCUT2D eigenvalue weighted by Gasteiger charge is 2.00. The number of unbranched alkanes of at least 4 members (excludes halogenated alkanes) is 7. The van der Waals surface area contributed by atoms with Crippen molar-refractivity contribution in [2.75, 3.05) is 6.54 Å². The summed E-state index contributed by atoms with van der Waals surface area (Å²) < 4.78 is 13.6. The van der Waals surface area contributed by atoms with E-state index in [0.717, 1.165) is 18.7 Å². The first-order valence-electron chi connectivity index (χ1n) is 7.88. The van der Waals surface area contributed by atoms with Crippen molar-refractivity contribution < 1.29 is 4.39 Å². The molecule has 0 aromatic heterocycles. The highest BCUT2D eigenvalue weighted by molar-refractivity contribution is 9.10. The van der Waals surface area contributed by atoms with Gasteiger partial charge in [0.15, 0.2) is 0 Å². The average Bonchev–Trinajstić information content (AvgIpc) is 2.45. The summed E-state index contributed by atoms with van der Waals surface area (Å²) in [5.74, 6) is -0.197. The number of benzene rings is 1. The molecule has 1 N–H and O–H groups in total. The summed E-state index contributed by atoms with van der Waals surface area (Å²) in [5.41, 5.74) is 1.12. The minimum atomic E-state index is -0.197. The summed E-state index contributed by atoms with van der Waals surface area (Å²) in [5, 5.41) is 3.42. The van der Waals surface area contributed by atoms with Gasteiger partial charge >= 0.3 is 0 Å². The van der Waals surface area contributed by atoms with Crippen molar-refractivity contribution in [3.63, 3.8) is 0 Å².